The van der Waals surface area contributed by atoms with Gasteiger partial charge >= 0.3 is 0 Å². The van der Waals surface area contributed by atoms with Crippen LogP contribution in [0.1, 0.15) is 5.56 Å². The first-order valence-electron chi connectivity index (χ1n) is 8.76. The van der Waals surface area contributed by atoms with Crippen LogP contribution in [0.25, 0.3) is 10.6 Å². The second-order valence-corrected chi connectivity index (χ2v) is 9.52. The van der Waals surface area contributed by atoms with Gasteiger partial charge in [0.15, 0.2) is 6.10 Å². The zero-order valence-electron chi connectivity index (χ0n) is 15.7. The minimum absolute atomic E-state index is 0.120. The molecule has 0 unspecified atom stereocenters. The number of rotatable bonds is 4. The third-order valence-corrected chi connectivity index (χ3v) is 6.39. The van der Waals surface area contributed by atoms with Crippen LogP contribution in [-0.4, -0.2) is 43.4 Å². The van der Waals surface area contributed by atoms with Gasteiger partial charge in [-0.15, -0.1) is 10.2 Å². The number of carbonyl (C=O) groups is 1. The Balaban J connectivity index is 1.55. The summed E-state index contributed by atoms with van der Waals surface area (Å²) in [6.45, 7) is 1.74. The summed E-state index contributed by atoms with van der Waals surface area (Å²) in [7, 11) is -3.58. The summed E-state index contributed by atoms with van der Waals surface area (Å²) in [5.41, 5.74) is 2.22. The van der Waals surface area contributed by atoms with E-state index in [1.54, 1.807) is 18.2 Å². The molecule has 2 heterocycles. The molecule has 29 heavy (non-hydrogen) atoms. The molecule has 0 saturated carbocycles. The second kappa shape index (κ2) is 7.45. The van der Waals surface area contributed by atoms with Crippen molar-refractivity contribution in [1.82, 2.24) is 10.2 Å². The minimum atomic E-state index is -3.58. The lowest BCUT2D eigenvalue weighted by Crippen LogP contribution is -2.48. The molecule has 1 aliphatic heterocycles. The van der Waals surface area contributed by atoms with Gasteiger partial charge in [-0.2, -0.15) is 0 Å². The van der Waals surface area contributed by atoms with Crippen LogP contribution in [0.3, 0.4) is 0 Å². The van der Waals surface area contributed by atoms with E-state index in [0.717, 1.165) is 17.4 Å². The Hall–Kier alpha value is -2.98. The molecule has 2 aromatic carbocycles. The molecule has 1 atom stereocenters. The lowest BCUT2D eigenvalue weighted by atomic mass is 10.1. The summed E-state index contributed by atoms with van der Waals surface area (Å²) in [5, 5.41) is 11.8. The quantitative estimate of drug-likeness (QED) is 0.683. The first-order chi connectivity index (χ1) is 13.8. The molecule has 0 spiro atoms. The van der Waals surface area contributed by atoms with E-state index in [2.05, 4.69) is 15.5 Å². The first-order valence-corrected chi connectivity index (χ1v) is 11.4. The molecule has 1 N–H and O–H groups in total. The molecule has 0 aliphatic carbocycles. The summed E-state index contributed by atoms with van der Waals surface area (Å²) in [5.74, 6) is -0.143. The van der Waals surface area contributed by atoms with Crippen LogP contribution in [0.5, 0.6) is 5.75 Å². The molecule has 10 heteroatoms. The fourth-order valence-corrected chi connectivity index (χ4v) is 4.63. The minimum Gasteiger partial charge on any atom is -0.476 e. The number of nitrogens with zero attached hydrogens (tertiary/aromatic N) is 3. The Morgan fingerprint density at radius 2 is 1.97 bits per heavy atom. The Labute approximate surface area is 172 Å². The first kappa shape index (κ1) is 19.3. The number of hydrogen-bond acceptors (Lipinski definition) is 7. The number of benzene rings is 2. The number of anilines is 2. The summed E-state index contributed by atoms with van der Waals surface area (Å²) in [6.07, 6.45) is 0.0972. The van der Waals surface area contributed by atoms with Crippen LogP contribution in [0, 0.1) is 6.92 Å². The van der Waals surface area contributed by atoms with Gasteiger partial charge in [-0.25, -0.2) is 8.42 Å². The molecule has 1 aromatic heterocycles. The third-order valence-electron chi connectivity index (χ3n) is 4.35. The largest absolute Gasteiger partial charge is 0.476 e. The molecule has 150 valence electrons. The molecule has 8 nitrogen and oxygen atoms in total. The highest BCUT2D eigenvalue weighted by atomic mass is 32.2. The fourth-order valence-electron chi connectivity index (χ4n) is 2.97. The average molecular weight is 431 g/mol. The van der Waals surface area contributed by atoms with E-state index in [4.69, 9.17) is 4.74 Å². The van der Waals surface area contributed by atoms with Gasteiger partial charge < -0.3 is 4.74 Å². The topological polar surface area (TPSA) is 101 Å². The van der Waals surface area contributed by atoms with Crippen molar-refractivity contribution in [2.75, 3.05) is 22.4 Å². The van der Waals surface area contributed by atoms with Crippen molar-refractivity contribution >= 4 is 38.1 Å². The fraction of sp³-hybridized carbons (Fsp3) is 0.211. The predicted molar refractivity (Wildman–Crippen MR) is 112 cm³/mol. The number of fused-ring (bicyclic) bond motifs is 1. The molecule has 3 aromatic rings. The third kappa shape index (κ3) is 4.08. The summed E-state index contributed by atoms with van der Waals surface area (Å²) in [4.78, 5) is 12.7. The van der Waals surface area contributed by atoms with Gasteiger partial charge in [0.1, 0.15) is 10.8 Å². The van der Waals surface area contributed by atoms with Crippen molar-refractivity contribution in [2.45, 2.75) is 13.0 Å². The van der Waals surface area contributed by atoms with Gasteiger partial charge in [-0.3, -0.25) is 14.4 Å². The molecular formula is C19H18N4O4S2. The standard InChI is InChI=1S/C19H18N4O4S2/c1-12-8-9-15-14(10-12)23(29(2,25)26)11-16(27-15)17(24)20-19-22-21-18(28-19)13-6-4-3-5-7-13/h3-10,16H,11H2,1-2H3,(H,20,22,24)/t16-/m1/s1. The van der Waals surface area contributed by atoms with Gasteiger partial charge in [0.2, 0.25) is 15.2 Å². The maximum Gasteiger partial charge on any atom is 0.269 e. The zero-order valence-corrected chi connectivity index (χ0v) is 17.3. The van der Waals surface area contributed by atoms with Crippen molar-refractivity contribution in [3.8, 4) is 16.3 Å². The maximum absolute atomic E-state index is 12.7. The SMILES string of the molecule is Cc1ccc2c(c1)N(S(C)(=O)=O)C[C@H](C(=O)Nc1nnc(-c3ccccc3)s1)O2. The highest BCUT2D eigenvalue weighted by Crippen LogP contribution is 2.36. The number of ether oxygens (including phenoxy) is 1. The van der Waals surface area contributed by atoms with Gasteiger partial charge in [0.05, 0.1) is 18.5 Å². The number of sulfonamides is 1. The van der Waals surface area contributed by atoms with Crippen molar-refractivity contribution < 1.29 is 17.9 Å². The zero-order chi connectivity index (χ0) is 20.6. The second-order valence-electron chi connectivity index (χ2n) is 6.64. The van der Waals surface area contributed by atoms with Crippen LogP contribution in [-0.2, 0) is 14.8 Å². The summed E-state index contributed by atoms with van der Waals surface area (Å²) >= 11 is 1.23. The Bertz CT molecular complexity index is 1160. The van der Waals surface area contributed by atoms with E-state index in [1.807, 2.05) is 37.3 Å². The van der Waals surface area contributed by atoms with Gasteiger partial charge in [-0.1, -0.05) is 47.7 Å². The maximum atomic E-state index is 12.7. The number of aryl methyl sites for hydroxylation is 1. The molecule has 0 saturated heterocycles. The van der Waals surface area contributed by atoms with E-state index in [-0.39, 0.29) is 6.54 Å². The van der Waals surface area contributed by atoms with Crippen LogP contribution in [0.4, 0.5) is 10.8 Å². The van der Waals surface area contributed by atoms with E-state index in [9.17, 15) is 13.2 Å². The van der Waals surface area contributed by atoms with E-state index in [1.165, 1.54) is 15.6 Å². The Morgan fingerprint density at radius 3 is 2.69 bits per heavy atom. The molecule has 0 fully saturated rings. The number of aromatic nitrogens is 2. The molecule has 1 amide bonds. The number of hydrogen-bond donors (Lipinski definition) is 1. The van der Waals surface area contributed by atoms with Crippen molar-refractivity contribution in [2.24, 2.45) is 0 Å². The highest BCUT2D eigenvalue weighted by Gasteiger charge is 2.35. The molecule has 1 aliphatic rings. The van der Waals surface area contributed by atoms with E-state index >= 15 is 0 Å². The normalized spacial score (nSPS) is 16.1. The van der Waals surface area contributed by atoms with Gasteiger partial charge in [0.25, 0.3) is 5.91 Å². The lowest BCUT2D eigenvalue weighted by molar-refractivity contribution is -0.122. The lowest BCUT2D eigenvalue weighted by Gasteiger charge is -2.34. The average Bonchev–Trinajstić information content (AvgIpc) is 3.15. The highest BCUT2D eigenvalue weighted by molar-refractivity contribution is 7.92. The van der Waals surface area contributed by atoms with Crippen molar-refractivity contribution in [1.29, 1.82) is 0 Å². The summed E-state index contributed by atoms with van der Waals surface area (Å²) in [6, 6.07) is 14.7. The summed E-state index contributed by atoms with van der Waals surface area (Å²) < 4.78 is 31.5. The Kier molecular flexibility index (Phi) is 4.97. The van der Waals surface area contributed by atoms with Gasteiger partial charge in [0, 0.05) is 5.56 Å². The molecule has 0 radical (unpaired) electrons. The van der Waals surface area contributed by atoms with E-state index in [0.29, 0.717) is 21.6 Å². The van der Waals surface area contributed by atoms with Crippen LogP contribution in [0.15, 0.2) is 48.5 Å². The van der Waals surface area contributed by atoms with E-state index < -0.39 is 22.0 Å². The number of carbonyl (C=O) groups excluding carboxylic acids is 1. The van der Waals surface area contributed by atoms with Gasteiger partial charge in [-0.05, 0) is 24.6 Å². The number of nitrogens with one attached hydrogen (secondary N) is 1. The van der Waals surface area contributed by atoms with Crippen LogP contribution < -0.4 is 14.4 Å². The number of amides is 1. The Morgan fingerprint density at radius 1 is 1.21 bits per heavy atom. The van der Waals surface area contributed by atoms with Crippen LogP contribution in [0.2, 0.25) is 0 Å². The molecule has 4 rings (SSSR count). The molecular weight excluding hydrogens is 412 g/mol. The van der Waals surface area contributed by atoms with Crippen LogP contribution >= 0.6 is 11.3 Å². The predicted octanol–water partition coefficient (Wildman–Crippen LogP) is 2.68. The molecule has 0 bridgehead atoms. The van der Waals surface area contributed by atoms with Crippen molar-refractivity contribution in [3.05, 3.63) is 54.1 Å². The monoisotopic (exact) mass is 430 g/mol. The van der Waals surface area contributed by atoms with Crippen molar-refractivity contribution in [3.63, 3.8) is 0 Å². The smallest absolute Gasteiger partial charge is 0.269 e.